The van der Waals surface area contributed by atoms with E-state index in [1.807, 2.05) is 53.1 Å². The predicted octanol–water partition coefficient (Wildman–Crippen LogP) is 6.54. The number of hydrogen-bond acceptors (Lipinski definition) is 4. The van der Waals surface area contributed by atoms with Crippen molar-refractivity contribution in [3.63, 3.8) is 0 Å². The molecule has 3 heterocycles. The molecule has 0 amide bonds. The summed E-state index contributed by atoms with van der Waals surface area (Å²) in [5, 5.41) is 1.91. The Balaban J connectivity index is 1.64. The molecule has 0 aliphatic carbocycles. The van der Waals surface area contributed by atoms with E-state index in [4.69, 9.17) is 4.74 Å². The summed E-state index contributed by atoms with van der Waals surface area (Å²) in [4.78, 5) is 27.9. The highest BCUT2D eigenvalue weighted by molar-refractivity contribution is 7.17. The summed E-state index contributed by atoms with van der Waals surface area (Å²) in [6.45, 7) is 4.10. The van der Waals surface area contributed by atoms with Crippen molar-refractivity contribution in [3.8, 4) is 10.4 Å². The number of carbonyl (C=O) groups is 2. The molecule has 0 radical (unpaired) electrons. The number of rotatable bonds is 5. The molecule has 5 aromatic rings. The molecule has 0 aliphatic rings. The topological polar surface area (TPSA) is 47.8 Å². The Morgan fingerprint density at radius 1 is 0.969 bits per heavy atom. The van der Waals surface area contributed by atoms with Crippen molar-refractivity contribution in [2.45, 2.75) is 13.8 Å². The normalized spacial score (nSPS) is 11.2. The number of thiophene rings is 1. The fourth-order valence-electron chi connectivity index (χ4n) is 3.97. The molecule has 0 spiro atoms. The zero-order chi connectivity index (χ0) is 22.2. The van der Waals surface area contributed by atoms with Gasteiger partial charge in [0.2, 0.25) is 5.78 Å². The monoisotopic (exact) mass is 439 g/mol. The van der Waals surface area contributed by atoms with Crippen molar-refractivity contribution in [2.75, 3.05) is 6.61 Å². The van der Waals surface area contributed by atoms with Crippen LogP contribution in [-0.4, -0.2) is 22.8 Å². The van der Waals surface area contributed by atoms with Crippen LogP contribution in [0.2, 0.25) is 0 Å². The van der Waals surface area contributed by atoms with Crippen LogP contribution in [0.4, 0.5) is 0 Å². The fourth-order valence-corrected chi connectivity index (χ4v) is 4.93. The Hall–Kier alpha value is -3.70. The molecular weight excluding hydrogens is 418 g/mol. The van der Waals surface area contributed by atoms with Crippen LogP contribution in [0.1, 0.15) is 38.2 Å². The molecule has 0 bridgehead atoms. The van der Waals surface area contributed by atoms with E-state index < -0.39 is 5.97 Å². The molecule has 0 aliphatic heterocycles. The van der Waals surface area contributed by atoms with E-state index >= 15 is 0 Å². The van der Waals surface area contributed by atoms with Gasteiger partial charge < -0.3 is 9.14 Å². The summed E-state index contributed by atoms with van der Waals surface area (Å²) in [5.41, 5.74) is 3.83. The number of ether oxygens (including phenoxy) is 1. The number of aryl methyl sites for hydroxylation is 1. The summed E-state index contributed by atoms with van der Waals surface area (Å²) in [7, 11) is 0. The second-order valence-electron chi connectivity index (χ2n) is 7.64. The molecule has 0 saturated heterocycles. The lowest BCUT2D eigenvalue weighted by Crippen LogP contribution is -2.04. The first-order chi connectivity index (χ1) is 15.6. The van der Waals surface area contributed by atoms with Crippen LogP contribution in [0.3, 0.4) is 0 Å². The van der Waals surface area contributed by atoms with Gasteiger partial charge in [-0.15, -0.1) is 11.3 Å². The maximum atomic E-state index is 13.5. The van der Waals surface area contributed by atoms with E-state index in [1.54, 1.807) is 13.0 Å². The molecule has 4 nitrogen and oxygen atoms in total. The van der Waals surface area contributed by atoms with Crippen LogP contribution < -0.4 is 0 Å². The van der Waals surface area contributed by atoms with Crippen molar-refractivity contribution in [3.05, 3.63) is 101 Å². The number of nitrogens with zero attached hydrogens (tertiary/aromatic N) is 1. The van der Waals surface area contributed by atoms with Crippen molar-refractivity contribution in [2.24, 2.45) is 0 Å². The minimum atomic E-state index is -0.424. The van der Waals surface area contributed by atoms with Crippen LogP contribution in [0.15, 0.2) is 79.0 Å². The zero-order valence-corrected chi connectivity index (χ0v) is 18.6. The van der Waals surface area contributed by atoms with Crippen LogP contribution in [0, 0.1) is 6.92 Å². The molecule has 32 heavy (non-hydrogen) atoms. The molecule has 0 fully saturated rings. The lowest BCUT2D eigenvalue weighted by atomic mass is 10.1. The van der Waals surface area contributed by atoms with E-state index in [2.05, 4.69) is 31.2 Å². The van der Waals surface area contributed by atoms with Crippen molar-refractivity contribution in [1.82, 2.24) is 4.40 Å². The van der Waals surface area contributed by atoms with Gasteiger partial charge in [0, 0.05) is 16.5 Å². The van der Waals surface area contributed by atoms with Crippen LogP contribution in [0.25, 0.3) is 26.7 Å². The number of hydrogen-bond donors (Lipinski definition) is 0. The SMILES string of the molecule is CCOC(=O)c1cc(C(=O)c2ccc(-c3ccc(C)cc3)s2)n2ccc3ccccc3c12. The second-order valence-corrected chi connectivity index (χ2v) is 8.73. The van der Waals surface area contributed by atoms with Gasteiger partial charge in [-0.25, -0.2) is 4.79 Å². The zero-order valence-electron chi connectivity index (χ0n) is 17.8. The molecule has 158 valence electrons. The first-order valence-electron chi connectivity index (χ1n) is 10.5. The van der Waals surface area contributed by atoms with Crippen molar-refractivity contribution in [1.29, 1.82) is 0 Å². The van der Waals surface area contributed by atoms with Gasteiger partial charge >= 0.3 is 5.97 Å². The predicted molar refractivity (Wildman–Crippen MR) is 129 cm³/mol. The highest BCUT2D eigenvalue weighted by Gasteiger charge is 2.24. The van der Waals surface area contributed by atoms with E-state index in [0.717, 1.165) is 21.2 Å². The molecule has 3 aromatic heterocycles. The summed E-state index contributed by atoms with van der Waals surface area (Å²) in [6, 6.07) is 23.5. The largest absolute Gasteiger partial charge is 0.462 e. The van der Waals surface area contributed by atoms with Gasteiger partial charge in [0.15, 0.2) is 0 Å². The van der Waals surface area contributed by atoms with Crippen LogP contribution in [-0.2, 0) is 4.74 Å². The average Bonchev–Trinajstić information content (AvgIpc) is 3.45. The van der Waals surface area contributed by atoms with Crippen LogP contribution >= 0.6 is 11.3 Å². The molecule has 0 saturated carbocycles. The lowest BCUT2D eigenvalue weighted by Gasteiger charge is -2.06. The fraction of sp³-hybridized carbons (Fsp3) is 0.111. The first kappa shape index (κ1) is 20.2. The number of ketones is 1. The average molecular weight is 440 g/mol. The molecule has 5 rings (SSSR count). The minimum Gasteiger partial charge on any atom is -0.462 e. The summed E-state index contributed by atoms with van der Waals surface area (Å²) >= 11 is 1.46. The third-order valence-electron chi connectivity index (χ3n) is 5.55. The summed E-state index contributed by atoms with van der Waals surface area (Å²) in [5.74, 6) is -0.541. The smallest absolute Gasteiger partial charge is 0.340 e. The Morgan fingerprint density at radius 2 is 1.75 bits per heavy atom. The van der Waals surface area contributed by atoms with Crippen molar-refractivity contribution >= 4 is 39.4 Å². The molecule has 0 N–H and O–H groups in total. The molecule has 0 atom stereocenters. The number of carbonyl (C=O) groups excluding carboxylic acids is 2. The Morgan fingerprint density at radius 3 is 2.53 bits per heavy atom. The highest BCUT2D eigenvalue weighted by Crippen LogP contribution is 2.32. The Labute approximate surface area is 189 Å². The lowest BCUT2D eigenvalue weighted by molar-refractivity contribution is 0.0529. The van der Waals surface area contributed by atoms with E-state index in [0.29, 0.717) is 21.7 Å². The van der Waals surface area contributed by atoms with Gasteiger partial charge in [0.05, 0.1) is 28.3 Å². The summed E-state index contributed by atoms with van der Waals surface area (Å²) in [6.07, 6.45) is 1.85. The maximum absolute atomic E-state index is 13.5. The number of pyridine rings is 1. The van der Waals surface area contributed by atoms with Gasteiger partial charge in [-0.05, 0) is 49.1 Å². The number of fused-ring (bicyclic) bond motifs is 3. The number of benzene rings is 2. The van der Waals surface area contributed by atoms with E-state index in [1.165, 1.54) is 16.9 Å². The first-order valence-corrected chi connectivity index (χ1v) is 11.3. The molecular formula is C27H21NO3S. The molecule has 2 aromatic carbocycles. The second kappa shape index (κ2) is 8.09. The van der Waals surface area contributed by atoms with E-state index in [-0.39, 0.29) is 12.4 Å². The Bertz CT molecular complexity index is 1470. The number of esters is 1. The number of aromatic nitrogens is 1. The van der Waals surface area contributed by atoms with Gasteiger partial charge in [0.25, 0.3) is 0 Å². The van der Waals surface area contributed by atoms with Crippen LogP contribution in [0.5, 0.6) is 0 Å². The van der Waals surface area contributed by atoms with Crippen molar-refractivity contribution < 1.29 is 14.3 Å². The van der Waals surface area contributed by atoms with Gasteiger partial charge in [0.1, 0.15) is 0 Å². The Kier molecular flexibility index (Phi) is 5.11. The summed E-state index contributed by atoms with van der Waals surface area (Å²) < 4.78 is 7.10. The van der Waals surface area contributed by atoms with Gasteiger partial charge in [-0.2, -0.15) is 0 Å². The van der Waals surface area contributed by atoms with Gasteiger partial charge in [-0.1, -0.05) is 54.1 Å². The molecule has 5 heteroatoms. The maximum Gasteiger partial charge on any atom is 0.340 e. The standard InChI is InChI=1S/C27H21NO3S/c1-3-31-27(30)21-16-22(28-15-14-18-6-4-5-7-20(18)25(21)28)26(29)24-13-12-23(32-24)19-10-8-17(2)9-11-19/h4-16H,3H2,1-2H3. The minimum absolute atomic E-state index is 0.116. The third kappa shape index (κ3) is 3.41. The quantitative estimate of drug-likeness (QED) is 0.231. The van der Waals surface area contributed by atoms with Gasteiger partial charge in [-0.3, -0.25) is 4.79 Å². The third-order valence-corrected chi connectivity index (χ3v) is 6.68. The van der Waals surface area contributed by atoms with E-state index in [9.17, 15) is 9.59 Å². The molecule has 0 unspecified atom stereocenters. The highest BCUT2D eigenvalue weighted by atomic mass is 32.1.